The molecule has 0 spiro atoms. The zero-order valence-corrected chi connectivity index (χ0v) is 11.5. The van der Waals surface area contributed by atoms with Gasteiger partial charge in [-0.2, -0.15) is 0 Å². The lowest BCUT2D eigenvalue weighted by Gasteiger charge is -2.19. The van der Waals surface area contributed by atoms with Crippen molar-refractivity contribution < 1.29 is 8.85 Å². The molecule has 0 saturated carbocycles. The lowest BCUT2D eigenvalue weighted by atomic mass is 10.4. The predicted octanol–water partition coefficient (Wildman–Crippen LogP) is 2.94. The van der Waals surface area contributed by atoms with Crippen LogP contribution in [0.3, 0.4) is 0 Å². The van der Waals surface area contributed by atoms with Gasteiger partial charge in [0.05, 0.1) is 0 Å². The third-order valence-corrected chi connectivity index (χ3v) is 5.71. The molecule has 14 heavy (non-hydrogen) atoms. The normalized spacial score (nSPS) is 13.1. The second kappa shape index (κ2) is 9.77. The minimum absolute atomic E-state index is 0.613. The summed E-state index contributed by atoms with van der Waals surface area (Å²) >= 11 is 1.80. The van der Waals surface area contributed by atoms with Crippen molar-refractivity contribution in [1.82, 2.24) is 0 Å². The fourth-order valence-corrected chi connectivity index (χ4v) is 4.48. The van der Waals surface area contributed by atoms with Crippen molar-refractivity contribution in [3.05, 3.63) is 12.0 Å². The van der Waals surface area contributed by atoms with E-state index in [1.165, 1.54) is 0 Å². The molecule has 0 aliphatic heterocycles. The maximum absolute atomic E-state index is 5.63. The molecule has 0 radical (unpaired) electrons. The molecule has 0 amide bonds. The number of thioether (sulfide) groups is 1. The Hall–Kier alpha value is 0.227. The van der Waals surface area contributed by atoms with Crippen LogP contribution in [0, 0.1) is 0 Å². The van der Waals surface area contributed by atoms with E-state index in [2.05, 4.69) is 13.5 Å². The van der Waals surface area contributed by atoms with Crippen molar-refractivity contribution in [2.45, 2.75) is 38.5 Å². The van der Waals surface area contributed by atoms with E-state index in [1.807, 2.05) is 19.3 Å². The minimum Gasteiger partial charge on any atom is -0.397 e. The van der Waals surface area contributed by atoms with E-state index in [-0.39, 0.29) is 0 Å². The van der Waals surface area contributed by atoms with Crippen molar-refractivity contribution in [2.24, 2.45) is 0 Å². The Morgan fingerprint density at radius 3 is 2.21 bits per heavy atom. The molecule has 0 aliphatic carbocycles. The van der Waals surface area contributed by atoms with Gasteiger partial charge in [-0.1, -0.05) is 13.5 Å². The fourth-order valence-electron chi connectivity index (χ4n) is 1.23. The third-order valence-electron chi connectivity index (χ3n) is 1.90. The molecule has 0 aromatic heterocycles. The summed E-state index contributed by atoms with van der Waals surface area (Å²) in [7, 11) is -1.41. The first kappa shape index (κ1) is 14.2. The predicted molar refractivity (Wildman–Crippen MR) is 67.1 cm³/mol. The van der Waals surface area contributed by atoms with Crippen LogP contribution in [0.4, 0.5) is 0 Å². The van der Waals surface area contributed by atoms with E-state index < -0.39 is 9.28 Å². The van der Waals surface area contributed by atoms with Crippen molar-refractivity contribution in [3.8, 4) is 0 Å². The van der Waals surface area contributed by atoms with Gasteiger partial charge in [0.15, 0.2) is 0 Å². The monoisotopic (exact) mass is 234 g/mol. The van der Waals surface area contributed by atoms with Crippen LogP contribution in [0.2, 0.25) is 6.04 Å². The van der Waals surface area contributed by atoms with Gasteiger partial charge in [0.1, 0.15) is 0 Å². The van der Waals surface area contributed by atoms with Gasteiger partial charge in [-0.05, 0) is 25.7 Å². The fraction of sp³-hybridized carbons (Fsp3) is 0.800. The first-order valence-corrected chi connectivity index (χ1v) is 7.98. The van der Waals surface area contributed by atoms with Gasteiger partial charge in [0.2, 0.25) is 0 Å². The van der Waals surface area contributed by atoms with Crippen LogP contribution >= 0.6 is 11.8 Å². The van der Waals surface area contributed by atoms with Crippen LogP contribution in [0.1, 0.15) is 27.2 Å². The van der Waals surface area contributed by atoms with E-state index in [9.17, 15) is 0 Å². The zero-order valence-electron chi connectivity index (χ0n) is 9.49. The van der Waals surface area contributed by atoms with Crippen LogP contribution in [-0.4, -0.2) is 27.7 Å². The molecule has 0 aromatic rings. The number of hydrogen-bond acceptors (Lipinski definition) is 3. The zero-order chi connectivity index (χ0) is 10.8. The summed E-state index contributed by atoms with van der Waals surface area (Å²) < 4.78 is 11.3. The molecule has 1 atom stereocenters. The molecule has 0 aliphatic rings. The van der Waals surface area contributed by atoms with Gasteiger partial charge in [-0.25, -0.2) is 0 Å². The Morgan fingerprint density at radius 2 is 1.86 bits per heavy atom. The molecular formula is C10H22O2SSi. The standard InChI is InChI=1S/C10H22O2SSi/c1-5-10(13-8-4)9-14(11-6-2)12-7-3/h8,10,14H,4-7,9H2,1-3H3. The first-order valence-electron chi connectivity index (χ1n) is 5.27. The van der Waals surface area contributed by atoms with Gasteiger partial charge in [0.25, 0.3) is 0 Å². The third kappa shape index (κ3) is 6.65. The van der Waals surface area contributed by atoms with Gasteiger partial charge >= 0.3 is 9.28 Å². The molecule has 2 nitrogen and oxygen atoms in total. The molecule has 0 fully saturated rings. The first-order chi connectivity index (χ1) is 6.78. The highest BCUT2D eigenvalue weighted by atomic mass is 32.2. The summed E-state index contributed by atoms with van der Waals surface area (Å²) in [5.41, 5.74) is 0. The van der Waals surface area contributed by atoms with E-state index in [1.54, 1.807) is 11.8 Å². The van der Waals surface area contributed by atoms with Gasteiger partial charge in [-0.3, -0.25) is 0 Å². The lowest BCUT2D eigenvalue weighted by molar-refractivity contribution is 0.213. The Labute approximate surface area is 93.9 Å². The smallest absolute Gasteiger partial charge is 0.322 e. The van der Waals surface area contributed by atoms with Crippen LogP contribution < -0.4 is 0 Å². The SMILES string of the molecule is C=CSC(CC)C[SiH](OCC)OCC. The molecule has 0 bridgehead atoms. The quantitative estimate of drug-likeness (QED) is 0.572. The molecule has 0 heterocycles. The molecular weight excluding hydrogens is 212 g/mol. The molecule has 1 unspecified atom stereocenters. The van der Waals surface area contributed by atoms with Crippen molar-refractivity contribution in [1.29, 1.82) is 0 Å². The van der Waals surface area contributed by atoms with Gasteiger partial charge < -0.3 is 8.85 Å². The van der Waals surface area contributed by atoms with Crippen LogP contribution in [0.25, 0.3) is 0 Å². The second-order valence-corrected chi connectivity index (χ2v) is 6.18. The Morgan fingerprint density at radius 1 is 1.29 bits per heavy atom. The highest BCUT2D eigenvalue weighted by Gasteiger charge is 2.18. The van der Waals surface area contributed by atoms with Gasteiger partial charge in [0, 0.05) is 24.5 Å². The highest BCUT2D eigenvalue weighted by Crippen LogP contribution is 2.21. The maximum Gasteiger partial charge on any atom is 0.322 e. The Balaban J connectivity index is 3.89. The minimum atomic E-state index is -1.41. The van der Waals surface area contributed by atoms with Gasteiger partial charge in [-0.15, -0.1) is 11.8 Å². The largest absolute Gasteiger partial charge is 0.397 e. The second-order valence-electron chi connectivity index (χ2n) is 2.91. The number of hydrogen-bond donors (Lipinski definition) is 0. The Kier molecular flexibility index (Phi) is 9.93. The van der Waals surface area contributed by atoms with Crippen LogP contribution in [-0.2, 0) is 8.85 Å². The summed E-state index contributed by atoms with van der Waals surface area (Å²) in [5.74, 6) is 0. The lowest BCUT2D eigenvalue weighted by Crippen LogP contribution is -2.26. The average Bonchev–Trinajstić information content (AvgIpc) is 2.18. The molecule has 84 valence electrons. The summed E-state index contributed by atoms with van der Waals surface area (Å²) in [6.07, 6.45) is 1.15. The molecule has 4 heteroatoms. The summed E-state index contributed by atoms with van der Waals surface area (Å²) in [6, 6.07) is 1.08. The van der Waals surface area contributed by atoms with E-state index in [4.69, 9.17) is 8.85 Å². The summed E-state index contributed by atoms with van der Waals surface area (Å²) in [4.78, 5) is 0. The van der Waals surface area contributed by atoms with Crippen LogP contribution in [0.15, 0.2) is 12.0 Å². The van der Waals surface area contributed by atoms with Crippen LogP contribution in [0.5, 0.6) is 0 Å². The molecule has 0 N–H and O–H groups in total. The Bertz CT molecular complexity index is 138. The van der Waals surface area contributed by atoms with Crippen molar-refractivity contribution in [3.63, 3.8) is 0 Å². The van der Waals surface area contributed by atoms with E-state index in [0.29, 0.717) is 5.25 Å². The van der Waals surface area contributed by atoms with Crippen molar-refractivity contribution >= 4 is 21.0 Å². The molecule has 0 saturated heterocycles. The summed E-state index contributed by atoms with van der Waals surface area (Å²) in [6.45, 7) is 11.5. The van der Waals surface area contributed by atoms with E-state index in [0.717, 1.165) is 25.7 Å². The van der Waals surface area contributed by atoms with E-state index >= 15 is 0 Å². The average molecular weight is 234 g/mol. The summed E-state index contributed by atoms with van der Waals surface area (Å²) in [5, 5.41) is 2.53. The molecule has 0 aromatic carbocycles. The highest BCUT2D eigenvalue weighted by molar-refractivity contribution is 8.02. The maximum atomic E-state index is 5.63. The number of rotatable bonds is 9. The molecule has 0 rings (SSSR count). The van der Waals surface area contributed by atoms with Crippen molar-refractivity contribution in [2.75, 3.05) is 13.2 Å². The topological polar surface area (TPSA) is 18.5 Å².